The maximum atomic E-state index is 10.8. The first-order valence-electron chi connectivity index (χ1n) is 5.21. The summed E-state index contributed by atoms with van der Waals surface area (Å²) in [5, 5.41) is 3.49. The lowest BCUT2D eigenvalue weighted by molar-refractivity contribution is -0.137. The molecule has 1 heterocycles. The number of piperidine rings is 1. The van der Waals surface area contributed by atoms with Crippen LogP contribution < -0.4 is 5.32 Å². The van der Waals surface area contributed by atoms with E-state index in [0.29, 0.717) is 11.8 Å². The summed E-state index contributed by atoms with van der Waals surface area (Å²) in [5.74, 6) is 1.42. The van der Waals surface area contributed by atoms with Crippen LogP contribution in [0.2, 0.25) is 0 Å². The monoisotopic (exact) mass is 217 g/mol. The Bertz CT molecular complexity index is 170. The molecule has 0 amide bonds. The van der Waals surface area contributed by atoms with Gasteiger partial charge in [0.05, 0.1) is 12.9 Å². The van der Waals surface area contributed by atoms with Gasteiger partial charge in [-0.25, -0.2) is 0 Å². The topological polar surface area (TPSA) is 38.3 Å². The molecule has 0 unspecified atom stereocenters. The van der Waals surface area contributed by atoms with Crippen LogP contribution in [-0.2, 0) is 9.53 Å². The van der Waals surface area contributed by atoms with Gasteiger partial charge in [0, 0.05) is 6.04 Å². The molecule has 4 heteroatoms. The van der Waals surface area contributed by atoms with Crippen molar-refractivity contribution in [1.29, 1.82) is 0 Å². The Morgan fingerprint density at radius 1 is 1.57 bits per heavy atom. The summed E-state index contributed by atoms with van der Waals surface area (Å²) < 4.78 is 4.57. The molecule has 3 nitrogen and oxygen atoms in total. The zero-order valence-corrected chi connectivity index (χ0v) is 9.57. The fraction of sp³-hybridized carbons (Fsp3) is 0.900. The largest absolute Gasteiger partial charge is 0.468 e. The van der Waals surface area contributed by atoms with Gasteiger partial charge >= 0.3 is 5.97 Å². The first kappa shape index (κ1) is 11.9. The van der Waals surface area contributed by atoms with E-state index in [4.69, 9.17) is 0 Å². The highest BCUT2D eigenvalue weighted by Gasteiger charge is 2.11. The summed E-state index contributed by atoms with van der Waals surface area (Å²) in [6.07, 6.45) is 5.12. The van der Waals surface area contributed by atoms with Crippen molar-refractivity contribution in [2.75, 3.05) is 25.2 Å². The van der Waals surface area contributed by atoms with Gasteiger partial charge in [-0.3, -0.25) is 4.79 Å². The molecular formula is C10H19NO2S. The van der Waals surface area contributed by atoms with Crippen LogP contribution >= 0.6 is 11.8 Å². The number of thioether (sulfide) groups is 1. The van der Waals surface area contributed by atoms with Gasteiger partial charge in [-0.1, -0.05) is 6.42 Å². The summed E-state index contributed by atoms with van der Waals surface area (Å²) in [5.41, 5.74) is 0. The van der Waals surface area contributed by atoms with Gasteiger partial charge in [0.2, 0.25) is 0 Å². The van der Waals surface area contributed by atoms with E-state index in [9.17, 15) is 4.79 Å². The van der Waals surface area contributed by atoms with Gasteiger partial charge in [-0.15, -0.1) is 0 Å². The van der Waals surface area contributed by atoms with Crippen LogP contribution in [0.15, 0.2) is 0 Å². The average Bonchev–Trinajstić information content (AvgIpc) is 2.25. The number of hydrogen-bond donors (Lipinski definition) is 1. The molecule has 0 aromatic heterocycles. The van der Waals surface area contributed by atoms with Crippen molar-refractivity contribution in [2.24, 2.45) is 0 Å². The van der Waals surface area contributed by atoms with E-state index < -0.39 is 0 Å². The van der Waals surface area contributed by atoms with E-state index in [1.165, 1.54) is 32.8 Å². The molecule has 1 rings (SSSR count). The van der Waals surface area contributed by atoms with Crippen LogP contribution in [-0.4, -0.2) is 37.2 Å². The summed E-state index contributed by atoms with van der Waals surface area (Å²) >= 11 is 1.67. The molecule has 1 atom stereocenters. The molecule has 0 saturated carbocycles. The Balaban J connectivity index is 1.94. The predicted octanol–water partition coefficient (Wildman–Crippen LogP) is 1.42. The number of nitrogens with one attached hydrogen (secondary N) is 1. The van der Waals surface area contributed by atoms with E-state index in [1.807, 2.05) is 0 Å². The molecule has 1 saturated heterocycles. The van der Waals surface area contributed by atoms with E-state index in [1.54, 1.807) is 11.8 Å². The third-order valence-corrected chi connectivity index (χ3v) is 3.43. The molecule has 1 N–H and O–H groups in total. The molecule has 0 bridgehead atoms. The van der Waals surface area contributed by atoms with Gasteiger partial charge in [0.1, 0.15) is 0 Å². The Kier molecular flexibility index (Phi) is 6.03. The van der Waals surface area contributed by atoms with Crippen LogP contribution in [0.4, 0.5) is 0 Å². The second-order valence-corrected chi connectivity index (χ2v) is 4.67. The third-order valence-electron chi connectivity index (χ3n) is 2.47. The van der Waals surface area contributed by atoms with Crippen LogP contribution in [0.1, 0.15) is 25.7 Å². The lowest BCUT2D eigenvalue weighted by Crippen LogP contribution is -2.34. The van der Waals surface area contributed by atoms with E-state index in [2.05, 4.69) is 10.1 Å². The molecule has 0 aromatic rings. The fourth-order valence-corrected chi connectivity index (χ4v) is 2.49. The van der Waals surface area contributed by atoms with Crippen LogP contribution in [0.3, 0.4) is 0 Å². The minimum atomic E-state index is -0.119. The van der Waals surface area contributed by atoms with Crippen molar-refractivity contribution in [3.8, 4) is 0 Å². The molecule has 14 heavy (non-hydrogen) atoms. The summed E-state index contributed by atoms with van der Waals surface area (Å²) in [6, 6.07) is 0.675. The predicted molar refractivity (Wildman–Crippen MR) is 59.6 cm³/mol. The van der Waals surface area contributed by atoms with Crippen molar-refractivity contribution >= 4 is 17.7 Å². The Labute approximate surface area is 90.0 Å². The van der Waals surface area contributed by atoms with Gasteiger partial charge in [0.25, 0.3) is 0 Å². The van der Waals surface area contributed by atoms with Crippen molar-refractivity contribution in [1.82, 2.24) is 5.32 Å². The lowest BCUT2D eigenvalue weighted by Gasteiger charge is -2.22. The highest BCUT2D eigenvalue weighted by molar-refractivity contribution is 7.99. The van der Waals surface area contributed by atoms with Gasteiger partial charge in [0.15, 0.2) is 0 Å². The maximum absolute atomic E-state index is 10.8. The minimum absolute atomic E-state index is 0.119. The average molecular weight is 217 g/mol. The molecule has 0 radical (unpaired) electrons. The second kappa shape index (κ2) is 7.12. The SMILES string of the molecule is COC(=O)CSCC[C@@H]1CCCCN1. The van der Waals surface area contributed by atoms with Crippen LogP contribution in [0.5, 0.6) is 0 Å². The molecule has 0 aromatic carbocycles. The zero-order valence-electron chi connectivity index (χ0n) is 8.75. The van der Waals surface area contributed by atoms with Crippen LogP contribution in [0.25, 0.3) is 0 Å². The van der Waals surface area contributed by atoms with Crippen molar-refractivity contribution in [2.45, 2.75) is 31.7 Å². The molecule has 1 aliphatic heterocycles. The van der Waals surface area contributed by atoms with Crippen molar-refractivity contribution < 1.29 is 9.53 Å². The molecular weight excluding hydrogens is 198 g/mol. The fourth-order valence-electron chi connectivity index (χ4n) is 1.61. The molecule has 1 fully saturated rings. The van der Waals surface area contributed by atoms with Crippen molar-refractivity contribution in [3.05, 3.63) is 0 Å². The molecule has 0 aliphatic carbocycles. The Hall–Kier alpha value is -0.220. The van der Waals surface area contributed by atoms with Gasteiger partial charge in [-0.05, 0) is 31.6 Å². The number of carbonyl (C=O) groups excluding carboxylic acids is 1. The molecule has 1 aliphatic rings. The number of methoxy groups -OCH3 is 1. The summed E-state index contributed by atoms with van der Waals surface area (Å²) in [6.45, 7) is 1.16. The minimum Gasteiger partial charge on any atom is -0.468 e. The number of carbonyl (C=O) groups is 1. The van der Waals surface area contributed by atoms with E-state index in [0.717, 1.165) is 12.3 Å². The standard InChI is InChI=1S/C10H19NO2S/c1-13-10(12)8-14-7-5-9-4-2-3-6-11-9/h9,11H,2-8H2,1H3/t9-/m0/s1. The highest BCUT2D eigenvalue weighted by Crippen LogP contribution is 2.13. The smallest absolute Gasteiger partial charge is 0.315 e. The number of rotatable bonds is 5. The molecule has 82 valence electrons. The third kappa shape index (κ3) is 4.86. The van der Waals surface area contributed by atoms with Crippen LogP contribution in [0, 0.1) is 0 Å². The normalized spacial score (nSPS) is 21.9. The second-order valence-electron chi connectivity index (χ2n) is 3.56. The van der Waals surface area contributed by atoms with Gasteiger partial charge in [-0.2, -0.15) is 11.8 Å². The molecule has 0 spiro atoms. The summed E-state index contributed by atoms with van der Waals surface area (Å²) in [4.78, 5) is 10.8. The number of hydrogen-bond acceptors (Lipinski definition) is 4. The van der Waals surface area contributed by atoms with Gasteiger partial charge < -0.3 is 10.1 Å². The Morgan fingerprint density at radius 3 is 3.07 bits per heavy atom. The summed E-state index contributed by atoms with van der Waals surface area (Å²) in [7, 11) is 1.44. The maximum Gasteiger partial charge on any atom is 0.315 e. The lowest BCUT2D eigenvalue weighted by atomic mass is 10.0. The van der Waals surface area contributed by atoms with E-state index in [-0.39, 0.29) is 5.97 Å². The first-order chi connectivity index (χ1) is 6.83. The van der Waals surface area contributed by atoms with E-state index >= 15 is 0 Å². The Morgan fingerprint density at radius 2 is 2.43 bits per heavy atom. The number of esters is 1. The van der Waals surface area contributed by atoms with Crippen molar-refractivity contribution in [3.63, 3.8) is 0 Å². The zero-order chi connectivity index (χ0) is 10.2. The quantitative estimate of drug-likeness (QED) is 0.558. The highest BCUT2D eigenvalue weighted by atomic mass is 32.2. The first-order valence-corrected chi connectivity index (χ1v) is 6.36. The number of ether oxygens (including phenoxy) is 1.